The SMILES string of the molecule is CCNCc1c(S(=O)(=O)Nc2ccccc2Br)n[nH]c1C. The Morgan fingerprint density at radius 2 is 2.05 bits per heavy atom. The van der Waals surface area contributed by atoms with Crippen LogP contribution in [0.3, 0.4) is 0 Å². The Bertz CT molecular complexity index is 728. The highest BCUT2D eigenvalue weighted by atomic mass is 79.9. The fourth-order valence-corrected chi connectivity index (χ4v) is 3.64. The molecule has 0 aliphatic rings. The van der Waals surface area contributed by atoms with Crippen molar-refractivity contribution in [3.05, 3.63) is 40.0 Å². The number of halogens is 1. The largest absolute Gasteiger partial charge is 0.313 e. The predicted molar refractivity (Wildman–Crippen MR) is 85.7 cm³/mol. The molecule has 0 aliphatic carbocycles. The molecule has 0 unspecified atom stereocenters. The molecule has 6 nitrogen and oxygen atoms in total. The number of H-pyrrole nitrogens is 1. The molecule has 114 valence electrons. The van der Waals surface area contributed by atoms with Gasteiger partial charge in [-0.15, -0.1) is 0 Å². The number of nitrogens with zero attached hydrogens (tertiary/aromatic N) is 1. The van der Waals surface area contributed by atoms with Crippen LogP contribution in [0.5, 0.6) is 0 Å². The van der Waals surface area contributed by atoms with Crippen molar-refractivity contribution in [1.82, 2.24) is 15.5 Å². The van der Waals surface area contributed by atoms with E-state index in [1.807, 2.05) is 13.0 Å². The number of aromatic amines is 1. The van der Waals surface area contributed by atoms with Gasteiger partial charge in [-0.1, -0.05) is 19.1 Å². The monoisotopic (exact) mass is 372 g/mol. The number of hydrogen-bond donors (Lipinski definition) is 3. The van der Waals surface area contributed by atoms with E-state index >= 15 is 0 Å². The lowest BCUT2D eigenvalue weighted by molar-refractivity contribution is 0.594. The number of nitrogens with one attached hydrogen (secondary N) is 3. The number of hydrogen-bond acceptors (Lipinski definition) is 4. The van der Waals surface area contributed by atoms with Crippen LogP contribution in [0.2, 0.25) is 0 Å². The first-order chi connectivity index (χ1) is 9.95. The summed E-state index contributed by atoms with van der Waals surface area (Å²) in [6, 6.07) is 7.04. The molecule has 1 heterocycles. The van der Waals surface area contributed by atoms with Gasteiger partial charge in [0.15, 0.2) is 0 Å². The maximum absolute atomic E-state index is 12.5. The summed E-state index contributed by atoms with van der Waals surface area (Å²) in [6.07, 6.45) is 0. The minimum Gasteiger partial charge on any atom is -0.313 e. The first-order valence-electron chi connectivity index (χ1n) is 6.47. The van der Waals surface area contributed by atoms with Crippen LogP contribution in [-0.4, -0.2) is 25.2 Å². The predicted octanol–water partition coefficient (Wildman–Crippen LogP) is 2.39. The lowest BCUT2D eigenvalue weighted by Crippen LogP contribution is -2.19. The van der Waals surface area contributed by atoms with Gasteiger partial charge in [0.05, 0.1) is 5.69 Å². The van der Waals surface area contributed by atoms with Gasteiger partial charge in [0.2, 0.25) is 5.03 Å². The number of rotatable bonds is 6. The van der Waals surface area contributed by atoms with Crippen molar-refractivity contribution in [2.75, 3.05) is 11.3 Å². The van der Waals surface area contributed by atoms with Gasteiger partial charge in [-0.05, 0) is 41.5 Å². The summed E-state index contributed by atoms with van der Waals surface area (Å²) in [6.45, 7) is 4.97. The van der Waals surface area contributed by atoms with Crippen molar-refractivity contribution in [2.24, 2.45) is 0 Å². The Balaban J connectivity index is 2.34. The number of anilines is 1. The molecule has 2 rings (SSSR count). The molecule has 0 atom stereocenters. The molecule has 0 fully saturated rings. The Morgan fingerprint density at radius 1 is 1.33 bits per heavy atom. The molecule has 0 aliphatic heterocycles. The van der Waals surface area contributed by atoms with Crippen LogP contribution in [-0.2, 0) is 16.6 Å². The second-order valence-electron chi connectivity index (χ2n) is 4.50. The third-order valence-corrected chi connectivity index (χ3v) is 4.99. The van der Waals surface area contributed by atoms with E-state index in [0.717, 1.165) is 12.2 Å². The number of para-hydroxylation sites is 1. The van der Waals surface area contributed by atoms with Crippen LogP contribution >= 0.6 is 15.9 Å². The molecule has 0 amide bonds. The fourth-order valence-electron chi connectivity index (χ4n) is 1.85. The van der Waals surface area contributed by atoms with Gasteiger partial charge in [0.1, 0.15) is 0 Å². The average molecular weight is 373 g/mol. The molecule has 0 saturated heterocycles. The number of aryl methyl sites for hydroxylation is 1. The first-order valence-corrected chi connectivity index (χ1v) is 8.75. The van der Waals surface area contributed by atoms with E-state index in [0.29, 0.717) is 22.3 Å². The summed E-state index contributed by atoms with van der Waals surface area (Å²) in [5.74, 6) is 0. The topological polar surface area (TPSA) is 86.9 Å². The molecule has 1 aromatic carbocycles. The van der Waals surface area contributed by atoms with Crippen molar-refractivity contribution >= 4 is 31.6 Å². The van der Waals surface area contributed by atoms with Crippen LogP contribution in [0.25, 0.3) is 0 Å². The molecular formula is C13H17BrN4O2S. The fraction of sp³-hybridized carbons (Fsp3) is 0.308. The van der Waals surface area contributed by atoms with Gasteiger partial charge in [0.25, 0.3) is 10.0 Å². The Kier molecular flexibility index (Phi) is 5.02. The van der Waals surface area contributed by atoms with Gasteiger partial charge in [0, 0.05) is 22.3 Å². The van der Waals surface area contributed by atoms with Crippen molar-refractivity contribution in [1.29, 1.82) is 0 Å². The number of sulfonamides is 1. The van der Waals surface area contributed by atoms with Crippen molar-refractivity contribution in [3.63, 3.8) is 0 Å². The molecule has 0 radical (unpaired) electrons. The molecule has 0 saturated carbocycles. The zero-order valence-electron chi connectivity index (χ0n) is 11.8. The van der Waals surface area contributed by atoms with E-state index in [2.05, 4.69) is 36.2 Å². The molecule has 2 aromatic rings. The third kappa shape index (κ3) is 3.63. The molecule has 0 bridgehead atoms. The highest BCUT2D eigenvalue weighted by molar-refractivity contribution is 9.10. The lowest BCUT2D eigenvalue weighted by atomic mass is 10.2. The summed E-state index contributed by atoms with van der Waals surface area (Å²) in [5.41, 5.74) is 1.87. The van der Waals surface area contributed by atoms with Crippen LogP contribution in [0.4, 0.5) is 5.69 Å². The summed E-state index contributed by atoms with van der Waals surface area (Å²) < 4.78 is 28.2. The van der Waals surface area contributed by atoms with E-state index in [1.165, 1.54) is 0 Å². The van der Waals surface area contributed by atoms with E-state index in [1.54, 1.807) is 25.1 Å². The molecule has 8 heteroatoms. The minimum atomic E-state index is -3.74. The van der Waals surface area contributed by atoms with Crippen LogP contribution in [0.1, 0.15) is 18.2 Å². The van der Waals surface area contributed by atoms with E-state index < -0.39 is 10.0 Å². The molecule has 21 heavy (non-hydrogen) atoms. The standard InChI is InChI=1S/C13H17BrN4O2S/c1-3-15-8-10-9(2)16-17-13(10)21(19,20)18-12-7-5-4-6-11(12)14/h4-7,15,18H,3,8H2,1-2H3,(H,16,17). The summed E-state index contributed by atoms with van der Waals surface area (Å²) in [5, 5.41) is 9.81. The molecular weight excluding hydrogens is 356 g/mol. The van der Waals surface area contributed by atoms with Gasteiger partial charge in [-0.3, -0.25) is 9.82 Å². The maximum atomic E-state index is 12.5. The quantitative estimate of drug-likeness (QED) is 0.726. The summed E-state index contributed by atoms with van der Waals surface area (Å²) >= 11 is 3.32. The zero-order valence-corrected chi connectivity index (χ0v) is 14.2. The number of aromatic nitrogens is 2. The van der Waals surface area contributed by atoms with Crippen LogP contribution in [0, 0.1) is 6.92 Å². The third-order valence-electron chi connectivity index (χ3n) is 2.96. The van der Waals surface area contributed by atoms with Crippen LogP contribution < -0.4 is 10.0 Å². The smallest absolute Gasteiger partial charge is 0.281 e. The number of benzene rings is 1. The van der Waals surface area contributed by atoms with E-state index in [4.69, 9.17) is 0 Å². The Hall–Kier alpha value is -1.38. The Labute approximate surface area is 132 Å². The van der Waals surface area contributed by atoms with Gasteiger partial charge in [-0.25, -0.2) is 0 Å². The van der Waals surface area contributed by atoms with E-state index in [9.17, 15) is 8.42 Å². The highest BCUT2D eigenvalue weighted by Crippen LogP contribution is 2.25. The van der Waals surface area contributed by atoms with Gasteiger partial charge < -0.3 is 5.32 Å². The van der Waals surface area contributed by atoms with Crippen molar-refractivity contribution in [3.8, 4) is 0 Å². The van der Waals surface area contributed by atoms with Gasteiger partial charge >= 0.3 is 0 Å². The highest BCUT2D eigenvalue weighted by Gasteiger charge is 2.24. The average Bonchev–Trinajstić information content (AvgIpc) is 2.81. The lowest BCUT2D eigenvalue weighted by Gasteiger charge is -2.09. The normalized spacial score (nSPS) is 11.6. The summed E-state index contributed by atoms with van der Waals surface area (Å²) in [7, 11) is -3.74. The zero-order chi connectivity index (χ0) is 15.5. The second kappa shape index (κ2) is 6.59. The van der Waals surface area contributed by atoms with Crippen molar-refractivity contribution < 1.29 is 8.42 Å². The maximum Gasteiger partial charge on any atom is 0.281 e. The first kappa shape index (κ1) is 16.0. The Morgan fingerprint density at radius 3 is 2.71 bits per heavy atom. The molecule has 1 aromatic heterocycles. The van der Waals surface area contributed by atoms with Gasteiger partial charge in [-0.2, -0.15) is 13.5 Å². The minimum absolute atomic E-state index is 0.0247. The molecule has 3 N–H and O–H groups in total. The molecule has 0 spiro atoms. The van der Waals surface area contributed by atoms with E-state index in [-0.39, 0.29) is 5.03 Å². The summed E-state index contributed by atoms with van der Waals surface area (Å²) in [4.78, 5) is 0. The van der Waals surface area contributed by atoms with Crippen LogP contribution in [0.15, 0.2) is 33.8 Å². The van der Waals surface area contributed by atoms with Crippen molar-refractivity contribution in [2.45, 2.75) is 25.4 Å². The second-order valence-corrected chi connectivity index (χ2v) is 6.95.